The average Bonchev–Trinajstić information content (AvgIpc) is 3.13. The fraction of sp³-hybridized carbons (Fsp3) is 0.412. The number of halogens is 1. The van der Waals surface area contributed by atoms with E-state index in [1.807, 2.05) is 25.1 Å². The van der Waals surface area contributed by atoms with Crippen LogP contribution in [0.25, 0.3) is 11.3 Å². The lowest BCUT2D eigenvalue weighted by molar-refractivity contribution is 0.0999. The Bertz CT molecular complexity index is 674. The minimum absolute atomic E-state index is 0.275. The smallest absolute Gasteiger partial charge is 0.136 e. The molecule has 2 aliphatic heterocycles. The van der Waals surface area contributed by atoms with Gasteiger partial charge >= 0.3 is 0 Å². The molecule has 0 aliphatic carbocycles. The van der Waals surface area contributed by atoms with Crippen LogP contribution in [0.3, 0.4) is 0 Å². The lowest BCUT2D eigenvalue weighted by Gasteiger charge is -2.19. The van der Waals surface area contributed by atoms with Crippen LogP contribution >= 0.6 is 11.6 Å². The van der Waals surface area contributed by atoms with Crippen molar-refractivity contribution in [3.05, 3.63) is 46.9 Å². The maximum absolute atomic E-state index is 6.36. The molecule has 4 heteroatoms. The Labute approximate surface area is 129 Å². The van der Waals surface area contributed by atoms with E-state index in [1.165, 1.54) is 6.42 Å². The summed E-state index contributed by atoms with van der Waals surface area (Å²) in [6.45, 7) is 1.98. The zero-order valence-electron chi connectivity index (χ0n) is 11.9. The first-order chi connectivity index (χ1) is 10.2. The minimum Gasteiger partial charge on any atom is -0.374 e. The van der Waals surface area contributed by atoms with Crippen molar-refractivity contribution in [2.45, 2.75) is 44.3 Å². The van der Waals surface area contributed by atoms with Crippen LogP contribution in [-0.2, 0) is 4.74 Å². The zero-order valence-corrected chi connectivity index (χ0v) is 12.7. The van der Waals surface area contributed by atoms with Gasteiger partial charge in [0.15, 0.2) is 0 Å². The molecule has 1 aromatic heterocycles. The van der Waals surface area contributed by atoms with Crippen molar-refractivity contribution in [1.82, 2.24) is 9.97 Å². The highest BCUT2D eigenvalue weighted by molar-refractivity contribution is 6.30. The molecule has 2 aromatic rings. The molecule has 0 amide bonds. The molecule has 0 radical (unpaired) electrons. The van der Waals surface area contributed by atoms with E-state index in [1.54, 1.807) is 0 Å². The maximum atomic E-state index is 6.36. The van der Waals surface area contributed by atoms with E-state index < -0.39 is 0 Å². The number of ether oxygens (including phenoxy) is 1. The molecular weight excluding hydrogens is 284 g/mol. The van der Waals surface area contributed by atoms with Crippen LogP contribution in [0.4, 0.5) is 0 Å². The first kappa shape index (κ1) is 13.2. The second-order valence-corrected chi connectivity index (χ2v) is 6.29. The number of fused-ring (bicyclic) bond motifs is 2. The molecule has 3 heterocycles. The molecule has 2 bridgehead atoms. The highest BCUT2D eigenvalue weighted by Gasteiger charge is 2.43. The van der Waals surface area contributed by atoms with E-state index in [-0.39, 0.29) is 6.10 Å². The van der Waals surface area contributed by atoms with Crippen LogP contribution in [0.1, 0.15) is 36.6 Å². The second-order valence-electron chi connectivity index (χ2n) is 5.93. The van der Waals surface area contributed by atoms with E-state index in [0.717, 1.165) is 35.5 Å². The van der Waals surface area contributed by atoms with Crippen molar-refractivity contribution in [2.75, 3.05) is 0 Å². The van der Waals surface area contributed by atoms with Crippen molar-refractivity contribution in [3.8, 4) is 11.3 Å². The van der Waals surface area contributed by atoms with E-state index in [0.29, 0.717) is 17.2 Å². The molecule has 1 aromatic carbocycles. The van der Waals surface area contributed by atoms with Gasteiger partial charge in [-0.25, -0.2) is 9.97 Å². The zero-order chi connectivity index (χ0) is 14.4. The van der Waals surface area contributed by atoms with Gasteiger partial charge in [0, 0.05) is 17.0 Å². The van der Waals surface area contributed by atoms with Crippen LogP contribution < -0.4 is 0 Å². The lowest BCUT2D eigenvalue weighted by Crippen LogP contribution is -2.18. The Morgan fingerprint density at radius 1 is 1.14 bits per heavy atom. The van der Waals surface area contributed by atoms with Gasteiger partial charge in [0.1, 0.15) is 11.0 Å². The topological polar surface area (TPSA) is 35.0 Å². The van der Waals surface area contributed by atoms with Gasteiger partial charge in [-0.2, -0.15) is 0 Å². The van der Waals surface area contributed by atoms with Crippen molar-refractivity contribution in [1.29, 1.82) is 0 Å². The normalized spacial score (nSPS) is 27.2. The summed E-state index contributed by atoms with van der Waals surface area (Å²) in [5, 5.41) is 0.557. The van der Waals surface area contributed by atoms with Gasteiger partial charge in [-0.3, -0.25) is 0 Å². The van der Waals surface area contributed by atoms with Crippen LogP contribution in [0.15, 0.2) is 30.3 Å². The standard InChI is InChI=1S/C17H17ClN2O/c1-10-15(11-5-3-2-4-6-11)19-17(20-16(10)18)13-9-12-7-8-14(13)21-12/h2-6,12-14H,7-9H2,1H3. The summed E-state index contributed by atoms with van der Waals surface area (Å²) in [7, 11) is 0. The number of benzene rings is 1. The summed E-state index contributed by atoms with van der Waals surface area (Å²) in [6.07, 6.45) is 3.98. The monoisotopic (exact) mass is 300 g/mol. The van der Waals surface area contributed by atoms with Crippen LogP contribution in [0.5, 0.6) is 0 Å². The Morgan fingerprint density at radius 2 is 1.95 bits per heavy atom. The number of aromatic nitrogens is 2. The summed E-state index contributed by atoms with van der Waals surface area (Å²) in [5.41, 5.74) is 2.97. The fourth-order valence-electron chi connectivity index (χ4n) is 3.46. The number of rotatable bonds is 2. The average molecular weight is 301 g/mol. The molecule has 4 rings (SSSR count). The Hall–Kier alpha value is -1.45. The molecule has 2 aliphatic rings. The first-order valence-corrected chi connectivity index (χ1v) is 7.85. The van der Waals surface area contributed by atoms with Crippen molar-refractivity contribution in [2.24, 2.45) is 0 Å². The third kappa shape index (κ3) is 2.25. The molecule has 0 saturated carbocycles. The van der Waals surface area contributed by atoms with Gasteiger partial charge in [0.25, 0.3) is 0 Å². The highest BCUT2D eigenvalue weighted by Crippen LogP contribution is 2.44. The van der Waals surface area contributed by atoms with E-state index >= 15 is 0 Å². The van der Waals surface area contributed by atoms with Crippen molar-refractivity contribution in [3.63, 3.8) is 0 Å². The number of hydrogen-bond acceptors (Lipinski definition) is 3. The summed E-state index contributed by atoms with van der Waals surface area (Å²) in [4.78, 5) is 9.36. The molecule has 108 valence electrons. The third-order valence-electron chi connectivity index (χ3n) is 4.59. The first-order valence-electron chi connectivity index (χ1n) is 7.47. The molecule has 3 nitrogen and oxygen atoms in total. The highest BCUT2D eigenvalue weighted by atomic mass is 35.5. The largest absolute Gasteiger partial charge is 0.374 e. The quantitative estimate of drug-likeness (QED) is 0.782. The van der Waals surface area contributed by atoms with Gasteiger partial charge < -0.3 is 4.74 Å². The summed E-state index contributed by atoms with van der Waals surface area (Å²) >= 11 is 6.36. The molecule has 2 fully saturated rings. The van der Waals surface area contributed by atoms with Gasteiger partial charge in [0.2, 0.25) is 0 Å². The lowest BCUT2D eigenvalue weighted by atomic mass is 9.88. The molecule has 0 N–H and O–H groups in total. The van der Waals surface area contributed by atoms with Crippen LogP contribution in [-0.4, -0.2) is 22.2 Å². The number of nitrogens with zero attached hydrogens (tertiary/aromatic N) is 2. The number of hydrogen-bond donors (Lipinski definition) is 0. The summed E-state index contributed by atoms with van der Waals surface area (Å²) in [5.74, 6) is 1.14. The van der Waals surface area contributed by atoms with E-state index in [4.69, 9.17) is 21.3 Å². The fourth-order valence-corrected chi connectivity index (χ4v) is 3.63. The van der Waals surface area contributed by atoms with Crippen LogP contribution in [0, 0.1) is 6.92 Å². The minimum atomic E-state index is 0.275. The summed E-state index contributed by atoms with van der Waals surface area (Å²) < 4.78 is 5.93. The molecule has 21 heavy (non-hydrogen) atoms. The Morgan fingerprint density at radius 3 is 2.62 bits per heavy atom. The van der Waals surface area contributed by atoms with Gasteiger partial charge in [-0.05, 0) is 26.2 Å². The van der Waals surface area contributed by atoms with Crippen molar-refractivity contribution < 1.29 is 4.74 Å². The Balaban J connectivity index is 1.78. The third-order valence-corrected chi connectivity index (χ3v) is 4.96. The van der Waals surface area contributed by atoms with Crippen LogP contribution in [0.2, 0.25) is 5.15 Å². The van der Waals surface area contributed by atoms with Gasteiger partial charge in [0.05, 0.1) is 17.9 Å². The maximum Gasteiger partial charge on any atom is 0.136 e. The SMILES string of the molecule is Cc1c(Cl)nc(C2CC3CCC2O3)nc1-c1ccccc1. The predicted molar refractivity (Wildman–Crippen MR) is 82.5 cm³/mol. The molecule has 0 spiro atoms. The molecular formula is C17H17ClN2O. The van der Waals surface area contributed by atoms with Gasteiger partial charge in [-0.1, -0.05) is 41.9 Å². The molecule has 3 atom stereocenters. The molecule has 2 saturated heterocycles. The Kier molecular flexibility index (Phi) is 3.20. The van der Waals surface area contributed by atoms with E-state index in [2.05, 4.69) is 17.1 Å². The van der Waals surface area contributed by atoms with Crippen molar-refractivity contribution >= 4 is 11.6 Å². The second kappa shape index (κ2) is 5.08. The molecule has 3 unspecified atom stereocenters. The summed E-state index contributed by atoms with van der Waals surface area (Å²) in [6, 6.07) is 10.2. The predicted octanol–water partition coefficient (Wildman–Crippen LogP) is 4.14. The van der Waals surface area contributed by atoms with Gasteiger partial charge in [-0.15, -0.1) is 0 Å². The van der Waals surface area contributed by atoms with E-state index in [9.17, 15) is 0 Å².